The lowest BCUT2D eigenvalue weighted by atomic mass is 10.4. The number of rotatable bonds is 9. The van der Waals surface area contributed by atoms with Gasteiger partial charge < -0.3 is 19.9 Å². The van der Waals surface area contributed by atoms with Crippen molar-refractivity contribution in [1.82, 2.24) is 5.32 Å². The van der Waals surface area contributed by atoms with Crippen LogP contribution in [0.1, 0.15) is 13.3 Å². The molecule has 1 unspecified atom stereocenters. The fraction of sp³-hybridized carbons (Fsp3) is 1.00. The van der Waals surface area contributed by atoms with Gasteiger partial charge in [0, 0.05) is 32.9 Å². The van der Waals surface area contributed by atoms with E-state index in [0.29, 0.717) is 6.61 Å². The van der Waals surface area contributed by atoms with Gasteiger partial charge >= 0.3 is 0 Å². The van der Waals surface area contributed by atoms with Gasteiger partial charge in [-0.3, -0.25) is 0 Å². The fourth-order valence-corrected chi connectivity index (χ4v) is 0.849. The highest BCUT2D eigenvalue weighted by Gasteiger charge is 1.96. The molecule has 2 N–H and O–H groups in total. The van der Waals surface area contributed by atoms with Crippen LogP contribution in [0.5, 0.6) is 0 Å². The van der Waals surface area contributed by atoms with Crippen molar-refractivity contribution in [3.8, 4) is 0 Å². The molecule has 0 aliphatic carbocycles. The van der Waals surface area contributed by atoms with Gasteiger partial charge in [0.15, 0.2) is 0 Å². The number of nitrogens with one attached hydrogen (secondary N) is 1. The van der Waals surface area contributed by atoms with Gasteiger partial charge in [-0.1, -0.05) is 0 Å². The van der Waals surface area contributed by atoms with E-state index in [1.165, 1.54) is 0 Å². The minimum atomic E-state index is 0.155. The van der Waals surface area contributed by atoms with E-state index in [1.807, 2.05) is 6.92 Å². The number of aliphatic hydroxyl groups is 1. The van der Waals surface area contributed by atoms with Gasteiger partial charge in [-0.2, -0.15) is 0 Å². The summed E-state index contributed by atoms with van der Waals surface area (Å²) in [7, 11) is 1.69. The molecule has 0 aromatic carbocycles. The molecule has 1 atom stereocenters. The predicted molar refractivity (Wildman–Crippen MR) is 51.9 cm³/mol. The molecule has 0 saturated heterocycles. The lowest BCUT2D eigenvalue weighted by molar-refractivity contribution is 0.102. The molecule has 0 radical (unpaired) electrons. The molecule has 13 heavy (non-hydrogen) atoms. The second-order valence-corrected chi connectivity index (χ2v) is 3.00. The first kappa shape index (κ1) is 12.8. The van der Waals surface area contributed by atoms with Crippen LogP contribution < -0.4 is 5.32 Å². The molecule has 0 heterocycles. The van der Waals surface area contributed by atoms with Crippen molar-refractivity contribution in [1.29, 1.82) is 0 Å². The van der Waals surface area contributed by atoms with E-state index in [-0.39, 0.29) is 12.6 Å². The van der Waals surface area contributed by atoms with Crippen LogP contribution in [0.4, 0.5) is 0 Å². The van der Waals surface area contributed by atoms with Crippen molar-refractivity contribution in [3.63, 3.8) is 0 Å². The number of aliphatic hydroxyl groups excluding tert-OH is 1. The van der Waals surface area contributed by atoms with Gasteiger partial charge in [-0.05, 0) is 13.3 Å². The van der Waals surface area contributed by atoms with Gasteiger partial charge in [0.1, 0.15) is 0 Å². The molecule has 0 aromatic rings. The third-order valence-electron chi connectivity index (χ3n) is 1.65. The Morgan fingerprint density at radius 3 is 2.69 bits per heavy atom. The van der Waals surface area contributed by atoms with Crippen molar-refractivity contribution in [2.75, 3.05) is 40.1 Å². The summed E-state index contributed by atoms with van der Waals surface area (Å²) in [5, 5.41) is 11.8. The van der Waals surface area contributed by atoms with Gasteiger partial charge in [-0.15, -0.1) is 0 Å². The summed E-state index contributed by atoms with van der Waals surface area (Å²) in [6.07, 6.45) is 0.937. The Balaban J connectivity index is 2.91. The molecule has 0 amide bonds. The molecule has 0 rings (SSSR count). The van der Waals surface area contributed by atoms with Crippen LogP contribution >= 0.6 is 0 Å². The SMILES string of the molecule is COCCCOCCNC(C)CO. The van der Waals surface area contributed by atoms with Gasteiger partial charge in [0.25, 0.3) is 0 Å². The van der Waals surface area contributed by atoms with Crippen LogP contribution in [0.3, 0.4) is 0 Å². The quantitative estimate of drug-likeness (QED) is 0.504. The highest BCUT2D eigenvalue weighted by Crippen LogP contribution is 1.83. The summed E-state index contributed by atoms with van der Waals surface area (Å²) in [5.41, 5.74) is 0. The van der Waals surface area contributed by atoms with Crippen molar-refractivity contribution in [2.45, 2.75) is 19.4 Å². The first-order valence-electron chi connectivity index (χ1n) is 4.72. The Kier molecular flexibility index (Phi) is 9.80. The number of hydrogen-bond donors (Lipinski definition) is 2. The Labute approximate surface area is 80.2 Å². The third kappa shape index (κ3) is 9.76. The topological polar surface area (TPSA) is 50.7 Å². The van der Waals surface area contributed by atoms with Crippen molar-refractivity contribution in [2.24, 2.45) is 0 Å². The van der Waals surface area contributed by atoms with Gasteiger partial charge in [0.05, 0.1) is 13.2 Å². The maximum atomic E-state index is 8.69. The minimum Gasteiger partial charge on any atom is -0.395 e. The molecule has 0 fully saturated rings. The highest BCUT2D eigenvalue weighted by atomic mass is 16.5. The highest BCUT2D eigenvalue weighted by molar-refractivity contribution is 4.56. The van der Waals surface area contributed by atoms with Crippen molar-refractivity contribution in [3.05, 3.63) is 0 Å². The van der Waals surface area contributed by atoms with Crippen molar-refractivity contribution >= 4 is 0 Å². The molecule has 0 bridgehead atoms. The molecule has 0 saturated carbocycles. The molecule has 4 nitrogen and oxygen atoms in total. The Bertz CT molecular complexity index is 101. The number of hydrogen-bond acceptors (Lipinski definition) is 4. The predicted octanol–water partition coefficient (Wildman–Crippen LogP) is 0.00990. The largest absolute Gasteiger partial charge is 0.395 e. The fourth-order valence-electron chi connectivity index (χ4n) is 0.849. The van der Waals surface area contributed by atoms with E-state index in [4.69, 9.17) is 14.6 Å². The molecule has 80 valence electrons. The average Bonchev–Trinajstić information content (AvgIpc) is 2.16. The van der Waals surface area contributed by atoms with E-state index in [2.05, 4.69) is 5.32 Å². The van der Waals surface area contributed by atoms with Crippen LogP contribution in [0, 0.1) is 0 Å². The Morgan fingerprint density at radius 1 is 1.31 bits per heavy atom. The Morgan fingerprint density at radius 2 is 2.08 bits per heavy atom. The standard InChI is InChI=1S/C9H21NO3/c1-9(8-11)10-4-7-13-6-3-5-12-2/h9-11H,3-8H2,1-2H3. The molecule has 0 aliphatic heterocycles. The second-order valence-electron chi connectivity index (χ2n) is 3.00. The van der Waals surface area contributed by atoms with Crippen LogP contribution in [0.15, 0.2) is 0 Å². The zero-order valence-corrected chi connectivity index (χ0v) is 8.58. The first-order valence-corrected chi connectivity index (χ1v) is 4.72. The summed E-state index contributed by atoms with van der Waals surface area (Å²) >= 11 is 0. The van der Waals surface area contributed by atoms with Crippen LogP contribution in [-0.4, -0.2) is 51.2 Å². The van der Waals surface area contributed by atoms with Crippen LogP contribution in [0.25, 0.3) is 0 Å². The lowest BCUT2D eigenvalue weighted by Crippen LogP contribution is -2.32. The maximum absolute atomic E-state index is 8.69. The zero-order chi connectivity index (χ0) is 9.94. The smallest absolute Gasteiger partial charge is 0.0591 e. The summed E-state index contributed by atoms with van der Waals surface area (Å²) in [5.74, 6) is 0. The van der Waals surface area contributed by atoms with E-state index in [9.17, 15) is 0 Å². The second kappa shape index (κ2) is 9.92. The van der Waals surface area contributed by atoms with E-state index in [0.717, 1.165) is 26.2 Å². The zero-order valence-electron chi connectivity index (χ0n) is 8.58. The van der Waals surface area contributed by atoms with E-state index >= 15 is 0 Å². The first-order chi connectivity index (χ1) is 6.31. The molecule has 0 spiro atoms. The normalized spacial score (nSPS) is 13.2. The Hall–Kier alpha value is -0.160. The monoisotopic (exact) mass is 191 g/mol. The van der Waals surface area contributed by atoms with Crippen molar-refractivity contribution < 1.29 is 14.6 Å². The van der Waals surface area contributed by atoms with E-state index < -0.39 is 0 Å². The molecule has 0 aliphatic rings. The maximum Gasteiger partial charge on any atom is 0.0591 e. The van der Waals surface area contributed by atoms with E-state index in [1.54, 1.807) is 7.11 Å². The van der Waals surface area contributed by atoms with Crippen LogP contribution in [0.2, 0.25) is 0 Å². The molecule has 0 aromatic heterocycles. The summed E-state index contributed by atoms with van der Waals surface area (Å²) in [6.45, 7) is 5.07. The summed E-state index contributed by atoms with van der Waals surface area (Å²) in [6, 6.07) is 0.155. The lowest BCUT2D eigenvalue weighted by Gasteiger charge is -2.10. The summed E-state index contributed by atoms with van der Waals surface area (Å²) in [4.78, 5) is 0. The van der Waals surface area contributed by atoms with Crippen LogP contribution in [-0.2, 0) is 9.47 Å². The molecular weight excluding hydrogens is 170 g/mol. The third-order valence-corrected chi connectivity index (χ3v) is 1.65. The number of ether oxygens (including phenoxy) is 2. The molecule has 4 heteroatoms. The average molecular weight is 191 g/mol. The van der Waals surface area contributed by atoms with Gasteiger partial charge in [0.2, 0.25) is 0 Å². The van der Waals surface area contributed by atoms with Gasteiger partial charge in [-0.25, -0.2) is 0 Å². The number of methoxy groups -OCH3 is 1. The minimum absolute atomic E-state index is 0.155. The molecular formula is C9H21NO3. The summed E-state index contributed by atoms with van der Waals surface area (Å²) < 4.78 is 10.2.